The van der Waals surface area contributed by atoms with Crippen molar-refractivity contribution >= 4 is 5.82 Å². The predicted molar refractivity (Wildman–Crippen MR) is 79.7 cm³/mol. The molecular formula is C16H26N2O. The zero-order valence-electron chi connectivity index (χ0n) is 12.2. The number of nitrogens with one attached hydrogen (secondary N) is 1. The second-order valence-electron chi connectivity index (χ2n) is 5.40. The van der Waals surface area contributed by atoms with Gasteiger partial charge in [-0.3, -0.25) is 0 Å². The Bertz CT molecular complexity index is 381. The molecule has 2 rings (SSSR count). The fourth-order valence-corrected chi connectivity index (χ4v) is 2.89. The summed E-state index contributed by atoms with van der Waals surface area (Å²) in [7, 11) is 0. The van der Waals surface area contributed by atoms with Crippen molar-refractivity contribution in [3.05, 3.63) is 18.3 Å². The quantitative estimate of drug-likeness (QED) is 0.832. The first-order chi connectivity index (χ1) is 9.35. The molecule has 1 aliphatic rings. The van der Waals surface area contributed by atoms with Crippen molar-refractivity contribution < 1.29 is 4.74 Å². The lowest BCUT2D eigenvalue weighted by Gasteiger charge is -2.32. The van der Waals surface area contributed by atoms with E-state index in [0.717, 1.165) is 30.5 Å². The van der Waals surface area contributed by atoms with Crippen LogP contribution in [-0.2, 0) is 0 Å². The topological polar surface area (TPSA) is 34.1 Å². The maximum Gasteiger partial charge on any atom is 0.168 e. The van der Waals surface area contributed by atoms with E-state index in [1.807, 2.05) is 18.3 Å². The van der Waals surface area contributed by atoms with E-state index >= 15 is 0 Å². The van der Waals surface area contributed by atoms with Crippen LogP contribution in [0.5, 0.6) is 5.75 Å². The lowest BCUT2D eigenvalue weighted by Crippen LogP contribution is -2.32. The van der Waals surface area contributed by atoms with Crippen LogP contribution < -0.4 is 10.1 Å². The second-order valence-corrected chi connectivity index (χ2v) is 5.40. The summed E-state index contributed by atoms with van der Waals surface area (Å²) < 4.78 is 5.77. The average Bonchev–Trinajstić information content (AvgIpc) is 2.47. The van der Waals surface area contributed by atoms with Gasteiger partial charge in [-0.2, -0.15) is 0 Å². The molecule has 0 aromatic carbocycles. The number of pyridine rings is 1. The molecule has 106 valence electrons. The summed E-state index contributed by atoms with van der Waals surface area (Å²) in [4.78, 5) is 4.46. The smallest absolute Gasteiger partial charge is 0.168 e. The SMILES string of the molecule is CCCOc1cccnc1NC1CCCCC1CC. The van der Waals surface area contributed by atoms with Gasteiger partial charge in [0, 0.05) is 12.2 Å². The van der Waals surface area contributed by atoms with Crippen molar-refractivity contribution in [2.75, 3.05) is 11.9 Å². The Morgan fingerprint density at radius 1 is 1.32 bits per heavy atom. The molecule has 3 heteroatoms. The summed E-state index contributed by atoms with van der Waals surface area (Å²) in [5, 5.41) is 3.62. The zero-order valence-corrected chi connectivity index (χ0v) is 12.2. The molecule has 2 atom stereocenters. The molecule has 1 N–H and O–H groups in total. The molecule has 19 heavy (non-hydrogen) atoms. The van der Waals surface area contributed by atoms with Gasteiger partial charge in [-0.15, -0.1) is 0 Å². The maximum atomic E-state index is 5.77. The molecule has 1 saturated carbocycles. The highest BCUT2D eigenvalue weighted by molar-refractivity contribution is 5.50. The van der Waals surface area contributed by atoms with Crippen molar-refractivity contribution in [1.82, 2.24) is 4.98 Å². The average molecular weight is 262 g/mol. The lowest BCUT2D eigenvalue weighted by atomic mass is 9.83. The van der Waals surface area contributed by atoms with Gasteiger partial charge in [0.25, 0.3) is 0 Å². The van der Waals surface area contributed by atoms with E-state index in [4.69, 9.17) is 4.74 Å². The van der Waals surface area contributed by atoms with Gasteiger partial charge in [-0.05, 0) is 37.3 Å². The largest absolute Gasteiger partial charge is 0.490 e. The van der Waals surface area contributed by atoms with Crippen molar-refractivity contribution in [3.8, 4) is 5.75 Å². The molecule has 0 saturated heterocycles. The second kappa shape index (κ2) is 7.37. The molecule has 1 aromatic rings. The molecule has 1 aliphatic carbocycles. The van der Waals surface area contributed by atoms with E-state index in [2.05, 4.69) is 24.1 Å². The Morgan fingerprint density at radius 2 is 2.16 bits per heavy atom. The first-order valence-electron chi connectivity index (χ1n) is 7.69. The first kappa shape index (κ1) is 14.2. The number of ether oxygens (including phenoxy) is 1. The summed E-state index contributed by atoms with van der Waals surface area (Å²) in [6, 6.07) is 4.50. The third kappa shape index (κ3) is 3.85. The van der Waals surface area contributed by atoms with E-state index < -0.39 is 0 Å². The van der Waals surface area contributed by atoms with Gasteiger partial charge in [0.05, 0.1) is 6.61 Å². The summed E-state index contributed by atoms with van der Waals surface area (Å²) in [5.41, 5.74) is 0. The summed E-state index contributed by atoms with van der Waals surface area (Å²) in [6.45, 7) is 5.16. The third-order valence-corrected chi connectivity index (χ3v) is 3.99. The van der Waals surface area contributed by atoms with Crippen LogP contribution in [0.1, 0.15) is 52.4 Å². The number of hydrogen-bond acceptors (Lipinski definition) is 3. The van der Waals surface area contributed by atoms with Crippen LogP contribution in [0.25, 0.3) is 0 Å². The van der Waals surface area contributed by atoms with Crippen LogP contribution in [0.3, 0.4) is 0 Å². The van der Waals surface area contributed by atoms with E-state index in [0.29, 0.717) is 6.04 Å². The summed E-state index contributed by atoms with van der Waals surface area (Å²) >= 11 is 0. The summed E-state index contributed by atoms with van der Waals surface area (Å²) in [5.74, 6) is 2.58. The van der Waals surface area contributed by atoms with Gasteiger partial charge < -0.3 is 10.1 Å². The maximum absolute atomic E-state index is 5.77. The molecule has 0 aliphatic heterocycles. The number of nitrogens with zero attached hydrogens (tertiary/aromatic N) is 1. The van der Waals surface area contributed by atoms with Crippen molar-refractivity contribution in [1.29, 1.82) is 0 Å². The van der Waals surface area contributed by atoms with Crippen LogP contribution in [0, 0.1) is 5.92 Å². The Labute approximate surface area is 116 Å². The fourth-order valence-electron chi connectivity index (χ4n) is 2.89. The first-order valence-corrected chi connectivity index (χ1v) is 7.69. The van der Waals surface area contributed by atoms with E-state index in [9.17, 15) is 0 Å². The highest BCUT2D eigenvalue weighted by Crippen LogP contribution is 2.31. The molecule has 0 radical (unpaired) electrons. The summed E-state index contributed by atoms with van der Waals surface area (Å²) in [6.07, 6.45) is 9.40. The number of anilines is 1. The van der Waals surface area contributed by atoms with Gasteiger partial charge in [0.1, 0.15) is 0 Å². The molecule has 1 aromatic heterocycles. The standard InChI is InChI=1S/C16H26N2O/c1-3-12-19-15-10-7-11-17-16(15)18-14-9-6-5-8-13(14)4-2/h7,10-11,13-14H,3-6,8-9,12H2,1-2H3,(H,17,18). The Balaban J connectivity index is 2.04. The minimum atomic E-state index is 0.553. The van der Waals surface area contributed by atoms with Gasteiger partial charge in [0.2, 0.25) is 0 Å². The highest BCUT2D eigenvalue weighted by Gasteiger charge is 2.24. The number of hydrogen-bond donors (Lipinski definition) is 1. The normalized spacial score (nSPS) is 23.1. The minimum Gasteiger partial charge on any atom is -0.490 e. The van der Waals surface area contributed by atoms with E-state index in [1.54, 1.807) is 0 Å². The van der Waals surface area contributed by atoms with Crippen LogP contribution in [-0.4, -0.2) is 17.6 Å². The van der Waals surface area contributed by atoms with Crippen LogP contribution >= 0.6 is 0 Å². The van der Waals surface area contributed by atoms with Crippen molar-refractivity contribution in [3.63, 3.8) is 0 Å². The lowest BCUT2D eigenvalue weighted by molar-refractivity contribution is 0.306. The van der Waals surface area contributed by atoms with Crippen LogP contribution in [0.2, 0.25) is 0 Å². The number of rotatable bonds is 6. The molecule has 0 spiro atoms. The minimum absolute atomic E-state index is 0.553. The Kier molecular flexibility index (Phi) is 5.49. The van der Waals surface area contributed by atoms with Gasteiger partial charge in [-0.1, -0.05) is 33.1 Å². The predicted octanol–water partition coefficient (Wildman–Crippen LogP) is 4.25. The Morgan fingerprint density at radius 3 is 2.95 bits per heavy atom. The highest BCUT2D eigenvalue weighted by atomic mass is 16.5. The Hall–Kier alpha value is -1.25. The molecule has 2 unspecified atom stereocenters. The molecule has 0 amide bonds. The fraction of sp³-hybridized carbons (Fsp3) is 0.688. The molecule has 1 fully saturated rings. The van der Waals surface area contributed by atoms with Gasteiger partial charge in [0.15, 0.2) is 11.6 Å². The monoisotopic (exact) mass is 262 g/mol. The molecular weight excluding hydrogens is 236 g/mol. The van der Waals surface area contributed by atoms with E-state index in [1.165, 1.54) is 32.1 Å². The van der Waals surface area contributed by atoms with E-state index in [-0.39, 0.29) is 0 Å². The number of aromatic nitrogens is 1. The molecule has 3 nitrogen and oxygen atoms in total. The zero-order chi connectivity index (χ0) is 13.5. The van der Waals surface area contributed by atoms with Crippen molar-refractivity contribution in [2.45, 2.75) is 58.4 Å². The van der Waals surface area contributed by atoms with Gasteiger partial charge in [-0.25, -0.2) is 4.98 Å². The van der Waals surface area contributed by atoms with Crippen LogP contribution in [0.15, 0.2) is 18.3 Å². The van der Waals surface area contributed by atoms with Gasteiger partial charge >= 0.3 is 0 Å². The van der Waals surface area contributed by atoms with Crippen LogP contribution in [0.4, 0.5) is 5.82 Å². The molecule has 0 bridgehead atoms. The third-order valence-electron chi connectivity index (χ3n) is 3.99. The molecule has 1 heterocycles. The van der Waals surface area contributed by atoms with Crippen molar-refractivity contribution in [2.24, 2.45) is 5.92 Å².